The Kier molecular flexibility index (Phi) is 6.00. The summed E-state index contributed by atoms with van der Waals surface area (Å²) in [6, 6.07) is 4.95. The molecule has 0 atom stereocenters. The third-order valence-electron chi connectivity index (χ3n) is 2.31. The molecule has 5 heteroatoms. The molecule has 1 aromatic rings. The number of unbranched alkanes of at least 4 members (excludes halogenated alkanes) is 1. The van der Waals surface area contributed by atoms with Gasteiger partial charge in [-0.1, -0.05) is 0 Å². The molecule has 0 aromatic heterocycles. The molecule has 0 amide bonds. The lowest BCUT2D eigenvalue weighted by molar-refractivity contribution is 0.0697. The van der Waals surface area contributed by atoms with Crippen molar-refractivity contribution in [3.8, 4) is 0 Å². The summed E-state index contributed by atoms with van der Waals surface area (Å²) in [5.41, 5.74) is 1.19. The smallest absolute Gasteiger partial charge is 0.335 e. The Morgan fingerprint density at radius 2 is 2.24 bits per heavy atom. The minimum atomic E-state index is -0.919. The monoisotopic (exact) mass is 301 g/mol. The zero-order chi connectivity index (χ0) is 12.7. The van der Waals surface area contributed by atoms with E-state index in [0.29, 0.717) is 0 Å². The second kappa shape index (κ2) is 7.29. The van der Waals surface area contributed by atoms with Gasteiger partial charge in [0.15, 0.2) is 0 Å². The van der Waals surface area contributed by atoms with E-state index in [-0.39, 0.29) is 5.56 Å². The minimum Gasteiger partial charge on any atom is -0.478 e. The van der Waals surface area contributed by atoms with Crippen molar-refractivity contribution in [1.82, 2.24) is 0 Å². The Morgan fingerprint density at radius 1 is 1.47 bits per heavy atom. The highest BCUT2D eigenvalue weighted by atomic mass is 79.9. The Labute approximate surface area is 109 Å². The number of aromatic carboxylic acids is 1. The molecule has 0 spiro atoms. The van der Waals surface area contributed by atoms with Gasteiger partial charge in [-0.15, -0.1) is 0 Å². The minimum absolute atomic E-state index is 0.279. The first-order chi connectivity index (χ1) is 8.15. The first-order valence-corrected chi connectivity index (χ1v) is 6.20. The third-order valence-corrected chi connectivity index (χ3v) is 2.96. The molecule has 0 bridgehead atoms. The Morgan fingerprint density at radius 3 is 2.82 bits per heavy atom. The van der Waals surface area contributed by atoms with Crippen LogP contribution in [0, 0.1) is 0 Å². The number of carboxylic acids is 1. The predicted octanol–water partition coefficient (Wildman–Crippen LogP) is 2.99. The molecule has 0 aliphatic heterocycles. The van der Waals surface area contributed by atoms with Crippen LogP contribution in [0.2, 0.25) is 0 Å². The van der Waals surface area contributed by atoms with Crippen LogP contribution in [0.5, 0.6) is 0 Å². The van der Waals surface area contributed by atoms with Crippen LogP contribution in [-0.4, -0.2) is 31.3 Å². The standard InChI is InChI=1S/C12H16BrNO3/c1-17-7-3-2-6-14-11-5-4-9(12(15)16)8-10(11)13/h4-5,8,14H,2-3,6-7H2,1H3,(H,15,16). The van der Waals surface area contributed by atoms with Gasteiger partial charge >= 0.3 is 5.97 Å². The molecule has 0 fully saturated rings. The summed E-state index contributed by atoms with van der Waals surface area (Å²) in [5, 5.41) is 12.1. The summed E-state index contributed by atoms with van der Waals surface area (Å²) >= 11 is 3.35. The van der Waals surface area contributed by atoms with Crippen molar-refractivity contribution in [3.05, 3.63) is 28.2 Å². The van der Waals surface area contributed by atoms with Gasteiger partial charge in [-0.2, -0.15) is 0 Å². The fraction of sp³-hybridized carbons (Fsp3) is 0.417. The summed E-state index contributed by atoms with van der Waals surface area (Å²) in [6.45, 7) is 1.61. The van der Waals surface area contributed by atoms with Gasteiger partial charge in [-0.25, -0.2) is 4.79 Å². The highest BCUT2D eigenvalue weighted by molar-refractivity contribution is 9.10. The third kappa shape index (κ3) is 4.75. The van der Waals surface area contributed by atoms with Gasteiger partial charge in [0.25, 0.3) is 0 Å². The average molecular weight is 302 g/mol. The number of nitrogens with one attached hydrogen (secondary N) is 1. The van der Waals surface area contributed by atoms with Crippen LogP contribution in [0.25, 0.3) is 0 Å². The second-order valence-electron chi connectivity index (χ2n) is 3.63. The van der Waals surface area contributed by atoms with E-state index in [0.717, 1.165) is 36.2 Å². The average Bonchev–Trinajstić information content (AvgIpc) is 2.30. The summed E-state index contributed by atoms with van der Waals surface area (Å²) in [5.74, 6) is -0.919. The van der Waals surface area contributed by atoms with Crippen LogP contribution < -0.4 is 5.32 Å². The maximum absolute atomic E-state index is 10.7. The molecule has 1 rings (SSSR count). The molecule has 0 saturated carbocycles. The number of anilines is 1. The molecule has 0 saturated heterocycles. The number of methoxy groups -OCH3 is 1. The molecule has 0 radical (unpaired) electrons. The lowest BCUT2D eigenvalue weighted by Gasteiger charge is -2.08. The maximum Gasteiger partial charge on any atom is 0.335 e. The number of halogens is 1. The van der Waals surface area contributed by atoms with Crippen molar-refractivity contribution in [3.63, 3.8) is 0 Å². The van der Waals surface area contributed by atoms with E-state index in [9.17, 15) is 4.79 Å². The zero-order valence-electron chi connectivity index (χ0n) is 9.70. The first-order valence-electron chi connectivity index (χ1n) is 5.41. The Bertz CT molecular complexity index is 382. The molecule has 2 N–H and O–H groups in total. The van der Waals surface area contributed by atoms with Crippen molar-refractivity contribution in [2.45, 2.75) is 12.8 Å². The van der Waals surface area contributed by atoms with E-state index in [4.69, 9.17) is 9.84 Å². The molecule has 1 aromatic carbocycles. The molecule has 0 heterocycles. The van der Waals surface area contributed by atoms with Crippen LogP contribution in [0.1, 0.15) is 23.2 Å². The number of hydrogen-bond donors (Lipinski definition) is 2. The SMILES string of the molecule is COCCCCNc1ccc(C(=O)O)cc1Br. The Balaban J connectivity index is 2.46. The Hall–Kier alpha value is -1.07. The summed E-state index contributed by atoms with van der Waals surface area (Å²) in [7, 11) is 1.69. The predicted molar refractivity (Wildman–Crippen MR) is 70.7 cm³/mol. The largest absolute Gasteiger partial charge is 0.478 e. The van der Waals surface area contributed by atoms with Gasteiger partial charge in [0.2, 0.25) is 0 Å². The van der Waals surface area contributed by atoms with Crippen molar-refractivity contribution >= 4 is 27.6 Å². The summed E-state index contributed by atoms with van der Waals surface area (Å²) < 4.78 is 5.73. The van der Waals surface area contributed by atoms with E-state index < -0.39 is 5.97 Å². The molecular weight excluding hydrogens is 286 g/mol. The molecular formula is C12H16BrNO3. The van der Waals surface area contributed by atoms with Crippen LogP contribution in [-0.2, 0) is 4.74 Å². The van der Waals surface area contributed by atoms with Gasteiger partial charge in [0, 0.05) is 30.4 Å². The van der Waals surface area contributed by atoms with Crippen LogP contribution in [0.3, 0.4) is 0 Å². The lowest BCUT2D eigenvalue weighted by atomic mass is 10.2. The first kappa shape index (κ1) is 14.0. The molecule has 4 nitrogen and oxygen atoms in total. The molecule has 0 unspecified atom stereocenters. The van der Waals surface area contributed by atoms with E-state index in [1.807, 2.05) is 0 Å². The number of hydrogen-bond acceptors (Lipinski definition) is 3. The highest BCUT2D eigenvalue weighted by Crippen LogP contribution is 2.23. The number of carboxylic acid groups (broad SMARTS) is 1. The van der Waals surface area contributed by atoms with Crippen LogP contribution in [0.15, 0.2) is 22.7 Å². The molecule has 94 valence electrons. The maximum atomic E-state index is 10.7. The number of benzene rings is 1. The summed E-state index contributed by atoms with van der Waals surface area (Å²) in [4.78, 5) is 10.7. The van der Waals surface area contributed by atoms with Gasteiger partial charge in [0.1, 0.15) is 0 Å². The lowest BCUT2D eigenvalue weighted by Crippen LogP contribution is -2.04. The zero-order valence-corrected chi connectivity index (χ0v) is 11.3. The van der Waals surface area contributed by atoms with E-state index in [1.54, 1.807) is 25.3 Å². The van der Waals surface area contributed by atoms with E-state index >= 15 is 0 Å². The van der Waals surface area contributed by atoms with Crippen molar-refractivity contribution in [1.29, 1.82) is 0 Å². The van der Waals surface area contributed by atoms with Crippen molar-refractivity contribution in [2.24, 2.45) is 0 Å². The fourth-order valence-corrected chi connectivity index (χ4v) is 1.90. The van der Waals surface area contributed by atoms with Crippen LogP contribution >= 0.6 is 15.9 Å². The molecule has 17 heavy (non-hydrogen) atoms. The summed E-state index contributed by atoms with van der Waals surface area (Å²) in [6.07, 6.45) is 2.02. The van der Waals surface area contributed by atoms with Gasteiger partial charge in [-0.05, 0) is 47.0 Å². The highest BCUT2D eigenvalue weighted by Gasteiger charge is 2.05. The normalized spacial score (nSPS) is 10.2. The van der Waals surface area contributed by atoms with Gasteiger partial charge < -0.3 is 15.2 Å². The topological polar surface area (TPSA) is 58.6 Å². The molecule has 0 aliphatic rings. The van der Waals surface area contributed by atoms with Crippen molar-refractivity contribution in [2.75, 3.05) is 25.6 Å². The fourth-order valence-electron chi connectivity index (χ4n) is 1.39. The van der Waals surface area contributed by atoms with Crippen LogP contribution in [0.4, 0.5) is 5.69 Å². The van der Waals surface area contributed by atoms with Gasteiger partial charge in [-0.3, -0.25) is 0 Å². The number of carbonyl (C=O) groups is 1. The van der Waals surface area contributed by atoms with E-state index in [1.165, 1.54) is 0 Å². The van der Waals surface area contributed by atoms with Crippen molar-refractivity contribution < 1.29 is 14.6 Å². The number of ether oxygens (including phenoxy) is 1. The molecule has 0 aliphatic carbocycles. The quantitative estimate of drug-likeness (QED) is 0.760. The van der Waals surface area contributed by atoms with Gasteiger partial charge in [0.05, 0.1) is 5.56 Å². The number of rotatable bonds is 7. The van der Waals surface area contributed by atoms with E-state index in [2.05, 4.69) is 21.2 Å². The second-order valence-corrected chi connectivity index (χ2v) is 4.48.